The first-order valence-corrected chi connectivity index (χ1v) is 6.91. The van der Waals surface area contributed by atoms with Crippen LogP contribution in [0.15, 0.2) is 48.5 Å². The number of benzene rings is 2. The number of rotatable bonds is 2. The lowest BCUT2D eigenvalue weighted by molar-refractivity contribution is 0.513. The maximum Gasteiger partial charge on any atom is 0.155 e. The number of aromatic nitrogens is 2. The van der Waals surface area contributed by atoms with E-state index in [4.69, 9.17) is 5.26 Å². The fraction of sp³-hybridized carbons (Fsp3) is 0.0556. The van der Waals surface area contributed by atoms with Crippen molar-refractivity contribution in [2.75, 3.05) is 0 Å². The summed E-state index contributed by atoms with van der Waals surface area (Å²) in [5.74, 6) is 0.242. The predicted octanol–water partition coefficient (Wildman–Crippen LogP) is 3.39. The lowest BCUT2D eigenvalue weighted by atomic mass is 10.1. The van der Waals surface area contributed by atoms with Gasteiger partial charge in [0, 0.05) is 12.6 Å². The largest absolute Gasteiger partial charge is 0.506 e. The molecule has 0 aliphatic heterocycles. The number of aliphatic hydroxyl groups is 1. The Bertz CT molecular complexity index is 998. The molecule has 3 aromatic rings. The molecule has 0 aliphatic carbocycles. The molecule has 0 saturated heterocycles. The van der Waals surface area contributed by atoms with Gasteiger partial charge in [-0.15, -0.1) is 0 Å². The number of imidazole rings is 1. The highest BCUT2D eigenvalue weighted by atomic mass is 16.3. The number of fused-ring (bicyclic) bond motifs is 1. The summed E-state index contributed by atoms with van der Waals surface area (Å²) in [6.07, 6.45) is 0. The van der Waals surface area contributed by atoms with Crippen molar-refractivity contribution in [1.82, 2.24) is 9.55 Å². The Morgan fingerprint density at radius 2 is 1.78 bits per heavy atom. The molecular weight excluding hydrogens is 288 g/mol. The van der Waals surface area contributed by atoms with Crippen LogP contribution in [-0.2, 0) is 7.05 Å². The summed E-state index contributed by atoms with van der Waals surface area (Å²) in [4.78, 5) is 4.43. The zero-order valence-corrected chi connectivity index (χ0v) is 12.4. The van der Waals surface area contributed by atoms with Crippen LogP contribution in [0.2, 0.25) is 0 Å². The van der Waals surface area contributed by atoms with Crippen LogP contribution in [-0.4, -0.2) is 14.7 Å². The lowest BCUT2D eigenvalue weighted by Crippen LogP contribution is -1.99. The third kappa shape index (κ3) is 2.41. The highest BCUT2D eigenvalue weighted by Gasteiger charge is 2.17. The van der Waals surface area contributed by atoms with E-state index in [1.807, 2.05) is 36.4 Å². The third-order valence-corrected chi connectivity index (χ3v) is 3.65. The maximum absolute atomic E-state index is 10.5. The average molecular weight is 300 g/mol. The zero-order chi connectivity index (χ0) is 16.4. The molecule has 0 bridgehead atoms. The first-order valence-electron chi connectivity index (χ1n) is 6.91. The van der Waals surface area contributed by atoms with Crippen molar-refractivity contribution in [3.63, 3.8) is 0 Å². The topological polar surface area (TPSA) is 85.6 Å². The molecule has 0 amide bonds. The minimum absolute atomic E-state index is 0.0911. The van der Waals surface area contributed by atoms with E-state index in [9.17, 15) is 10.4 Å². The van der Waals surface area contributed by atoms with E-state index in [1.54, 1.807) is 35.9 Å². The second-order valence-electron chi connectivity index (χ2n) is 5.01. The highest BCUT2D eigenvalue weighted by Crippen LogP contribution is 2.26. The van der Waals surface area contributed by atoms with Gasteiger partial charge in [0.1, 0.15) is 17.4 Å². The molecule has 2 aromatic carbocycles. The molecule has 110 valence electrons. The fourth-order valence-electron chi connectivity index (χ4n) is 2.42. The summed E-state index contributed by atoms with van der Waals surface area (Å²) in [5, 5.41) is 28.8. The molecule has 0 unspecified atom stereocenters. The van der Waals surface area contributed by atoms with Crippen LogP contribution >= 0.6 is 0 Å². The van der Waals surface area contributed by atoms with Gasteiger partial charge in [0.15, 0.2) is 5.82 Å². The Labute approximate surface area is 133 Å². The standard InChI is InChI=1S/C18H12N4O/c1-22-16-5-3-2-4-15(16)21-18(22)14(11-20)17(23)13-8-6-12(10-19)7-9-13/h2-9,23H,1H3/b17-14-. The summed E-state index contributed by atoms with van der Waals surface area (Å²) in [6.45, 7) is 0. The SMILES string of the molecule is Cn1c(/C(C#N)=C(\O)c2ccc(C#N)cc2)nc2ccccc21. The van der Waals surface area contributed by atoms with Gasteiger partial charge in [-0.25, -0.2) is 4.98 Å². The third-order valence-electron chi connectivity index (χ3n) is 3.65. The second kappa shape index (κ2) is 5.67. The highest BCUT2D eigenvalue weighted by molar-refractivity contribution is 5.94. The molecule has 0 spiro atoms. The van der Waals surface area contributed by atoms with Crippen molar-refractivity contribution in [1.29, 1.82) is 10.5 Å². The van der Waals surface area contributed by atoms with Crippen LogP contribution in [0, 0.1) is 22.7 Å². The number of hydrogen-bond acceptors (Lipinski definition) is 4. The molecule has 3 rings (SSSR count). The monoisotopic (exact) mass is 300 g/mol. The van der Waals surface area contributed by atoms with Crippen LogP contribution in [0.5, 0.6) is 0 Å². The van der Waals surface area contributed by atoms with Gasteiger partial charge in [-0.05, 0) is 36.4 Å². The number of aliphatic hydroxyl groups excluding tert-OH is 1. The molecule has 0 atom stereocenters. The fourth-order valence-corrected chi connectivity index (χ4v) is 2.42. The summed E-state index contributed by atoms with van der Waals surface area (Å²) >= 11 is 0. The molecule has 5 heteroatoms. The Morgan fingerprint density at radius 3 is 2.39 bits per heavy atom. The molecule has 0 saturated carbocycles. The van der Waals surface area contributed by atoms with Crippen LogP contribution in [0.1, 0.15) is 17.0 Å². The number of para-hydroxylation sites is 2. The Balaban J connectivity index is 2.18. The summed E-state index contributed by atoms with van der Waals surface area (Å²) in [5.41, 5.74) is 2.68. The Morgan fingerprint density at radius 1 is 1.09 bits per heavy atom. The maximum atomic E-state index is 10.5. The van der Waals surface area contributed by atoms with Gasteiger partial charge < -0.3 is 9.67 Å². The van der Waals surface area contributed by atoms with Gasteiger partial charge in [-0.1, -0.05) is 12.1 Å². The molecule has 1 heterocycles. The van der Waals surface area contributed by atoms with E-state index >= 15 is 0 Å². The summed E-state index contributed by atoms with van der Waals surface area (Å²) in [6, 6.07) is 18.0. The van der Waals surface area contributed by atoms with Crippen LogP contribution < -0.4 is 0 Å². The summed E-state index contributed by atoms with van der Waals surface area (Å²) < 4.78 is 1.77. The molecule has 0 radical (unpaired) electrons. The van der Waals surface area contributed by atoms with E-state index in [-0.39, 0.29) is 11.3 Å². The predicted molar refractivity (Wildman–Crippen MR) is 86.9 cm³/mol. The normalized spacial score (nSPS) is 11.6. The molecular formula is C18H12N4O. The van der Waals surface area contributed by atoms with Gasteiger partial charge in [0.25, 0.3) is 0 Å². The van der Waals surface area contributed by atoms with E-state index in [1.165, 1.54) is 0 Å². The number of aryl methyl sites for hydroxylation is 1. The molecule has 1 aromatic heterocycles. The molecule has 1 N–H and O–H groups in total. The van der Waals surface area contributed by atoms with Gasteiger partial charge in [-0.2, -0.15) is 10.5 Å². The first-order chi connectivity index (χ1) is 11.2. The summed E-state index contributed by atoms with van der Waals surface area (Å²) in [7, 11) is 1.80. The lowest BCUT2D eigenvalue weighted by Gasteiger charge is -2.05. The minimum Gasteiger partial charge on any atom is -0.506 e. The molecule has 23 heavy (non-hydrogen) atoms. The average Bonchev–Trinajstić information content (AvgIpc) is 2.93. The van der Waals surface area contributed by atoms with Crippen molar-refractivity contribution < 1.29 is 5.11 Å². The number of hydrogen-bond donors (Lipinski definition) is 1. The van der Waals surface area contributed by atoms with E-state index in [0.29, 0.717) is 17.0 Å². The van der Waals surface area contributed by atoms with E-state index in [2.05, 4.69) is 4.98 Å². The van der Waals surface area contributed by atoms with Crippen molar-refractivity contribution in [2.24, 2.45) is 7.05 Å². The smallest absolute Gasteiger partial charge is 0.155 e. The van der Waals surface area contributed by atoms with Crippen LogP contribution in [0.4, 0.5) is 0 Å². The van der Waals surface area contributed by atoms with E-state index < -0.39 is 0 Å². The van der Waals surface area contributed by atoms with Crippen molar-refractivity contribution in [3.8, 4) is 12.1 Å². The van der Waals surface area contributed by atoms with Crippen molar-refractivity contribution >= 4 is 22.4 Å². The van der Waals surface area contributed by atoms with Crippen LogP contribution in [0.25, 0.3) is 22.4 Å². The minimum atomic E-state index is -0.157. The Hall–Kier alpha value is -3.57. The molecule has 0 aliphatic rings. The van der Waals surface area contributed by atoms with Crippen LogP contribution in [0.3, 0.4) is 0 Å². The van der Waals surface area contributed by atoms with Gasteiger partial charge in [-0.3, -0.25) is 0 Å². The van der Waals surface area contributed by atoms with Crippen molar-refractivity contribution in [3.05, 3.63) is 65.5 Å². The van der Waals surface area contributed by atoms with Gasteiger partial charge >= 0.3 is 0 Å². The number of nitrogens with zero attached hydrogens (tertiary/aromatic N) is 4. The number of nitriles is 2. The second-order valence-corrected chi connectivity index (χ2v) is 5.01. The van der Waals surface area contributed by atoms with Crippen molar-refractivity contribution in [2.45, 2.75) is 0 Å². The van der Waals surface area contributed by atoms with Gasteiger partial charge in [0.05, 0.1) is 22.7 Å². The zero-order valence-electron chi connectivity index (χ0n) is 12.4. The first kappa shape index (κ1) is 14.4. The van der Waals surface area contributed by atoms with E-state index in [0.717, 1.165) is 11.0 Å². The van der Waals surface area contributed by atoms with Gasteiger partial charge in [0.2, 0.25) is 0 Å². The molecule has 0 fully saturated rings. The number of allylic oxidation sites excluding steroid dienone is 1. The quantitative estimate of drug-likeness (QED) is 0.580. The Kier molecular flexibility index (Phi) is 3.54. The molecule has 5 nitrogen and oxygen atoms in total.